The zero-order valence-corrected chi connectivity index (χ0v) is 13.3. The Bertz CT molecular complexity index is 581. The van der Waals surface area contributed by atoms with Gasteiger partial charge in [0.1, 0.15) is 17.5 Å². The summed E-state index contributed by atoms with van der Waals surface area (Å²) in [6.45, 7) is 7.94. The second kappa shape index (κ2) is 7.07. The highest BCUT2D eigenvalue weighted by Gasteiger charge is 2.13. The lowest BCUT2D eigenvalue weighted by atomic mass is 10.2. The number of nitrogens with zero attached hydrogens (tertiary/aromatic N) is 3. The Hall–Kier alpha value is -2.10. The third-order valence-electron chi connectivity index (χ3n) is 3.40. The molecule has 0 aliphatic heterocycles. The summed E-state index contributed by atoms with van der Waals surface area (Å²) in [5.74, 6) is 2.73. The van der Waals surface area contributed by atoms with Crippen LogP contribution in [0.1, 0.15) is 30.3 Å². The van der Waals surface area contributed by atoms with E-state index in [1.807, 2.05) is 13.0 Å². The molecular weight excluding hydrogens is 260 g/mol. The van der Waals surface area contributed by atoms with Gasteiger partial charge in [0.15, 0.2) is 0 Å². The average Bonchev–Trinajstić information content (AvgIpc) is 2.48. The van der Waals surface area contributed by atoms with Gasteiger partial charge in [-0.25, -0.2) is 9.97 Å². The van der Waals surface area contributed by atoms with Crippen molar-refractivity contribution in [3.05, 3.63) is 47.3 Å². The van der Waals surface area contributed by atoms with Crippen LogP contribution in [0.15, 0.2) is 30.3 Å². The zero-order chi connectivity index (χ0) is 15.2. The van der Waals surface area contributed by atoms with E-state index in [0.717, 1.165) is 42.5 Å². The first kappa shape index (κ1) is 15.3. The molecular formula is C17H24N4. The highest BCUT2D eigenvalue weighted by Crippen LogP contribution is 2.23. The van der Waals surface area contributed by atoms with Crippen LogP contribution in [-0.4, -0.2) is 23.6 Å². The zero-order valence-electron chi connectivity index (χ0n) is 13.3. The van der Waals surface area contributed by atoms with E-state index >= 15 is 0 Å². The Kier molecular flexibility index (Phi) is 5.14. The fourth-order valence-corrected chi connectivity index (χ4v) is 2.33. The number of benzene rings is 1. The third kappa shape index (κ3) is 3.94. The maximum Gasteiger partial charge on any atom is 0.137 e. The van der Waals surface area contributed by atoms with E-state index in [4.69, 9.17) is 0 Å². The normalized spacial score (nSPS) is 10.5. The molecule has 0 unspecified atom stereocenters. The fraction of sp³-hybridized carbons (Fsp3) is 0.412. The first-order valence-electron chi connectivity index (χ1n) is 7.46. The summed E-state index contributed by atoms with van der Waals surface area (Å²) in [4.78, 5) is 11.3. The maximum atomic E-state index is 4.61. The van der Waals surface area contributed by atoms with Crippen LogP contribution in [0.3, 0.4) is 0 Å². The van der Waals surface area contributed by atoms with Crippen LogP contribution in [0.4, 0.5) is 11.6 Å². The van der Waals surface area contributed by atoms with E-state index in [1.54, 1.807) is 0 Å². The molecule has 0 aliphatic carbocycles. The summed E-state index contributed by atoms with van der Waals surface area (Å²) in [6.07, 6.45) is 1.08. The molecule has 0 fully saturated rings. The highest BCUT2D eigenvalue weighted by molar-refractivity contribution is 5.58. The van der Waals surface area contributed by atoms with E-state index in [1.165, 1.54) is 5.56 Å². The molecule has 0 amide bonds. The summed E-state index contributed by atoms with van der Waals surface area (Å²) in [6, 6.07) is 10.4. The fourth-order valence-electron chi connectivity index (χ4n) is 2.33. The molecule has 4 heteroatoms. The third-order valence-corrected chi connectivity index (χ3v) is 3.40. The quantitative estimate of drug-likeness (QED) is 0.880. The van der Waals surface area contributed by atoms with E-state index in [-0.39, 0.29) is 0 Å². The van der Waals surface area contributed by atoms with Gasteiger partial charge in [0.2, 0.25) is 0 Å². The average molecular weight is 284 g/mol. The largest absolute Gasteiger partial charge is 0.370 e. The molecule has 0 saturated carbocycles. The topological polar surface area (TPSA) is 41.1 Å². The molecule has 2 rings (SSSR count). The minimum Gasteiger partial charge on any atom is -0.370 e. The molecule has 0 aliphatic rings. The minimum absolute atomic E-state index is 0.800. The molecule has 0 bridgehead atoms. The van der Waals surface area contributed by atoms with Crippen LogP contribution >= 0.6 is 0 Å². The van der Waals surface area contributed by atoms with Gasteiger partial charge in [-0.05, 0) is 25.8 Å². The molecule has 1 aromatic carbocycles. The summed E-state index contributed by atoms with van der Waals surface area (Å²) < 4.78 is 0. The van der Waals surface area contributed by atoms with E-state index in [9.17, 15) is 0 Å². The highest BCUT2D eigenvalue weighted by atomic mass is 15.2. The van der Waals surface area contributed by atoms with Crippen molar-refractivity contribution in [1.82, 2.24) is 9.97 Å². The van der Waals surface area contributed by atoms with Crippen molar-refractivity contribution in [3.8, 4) is 0 Å². The number of hydrogen-bond acceptors (Lipinski definition) is 4. The van der Waals surface area contributed by atoms with Gasteiger partial charge in [-0.1, -0.05) is 37.3 Å². The van der Waals surface area contributed by atoms with Gasteiger partial charge in [0.25, 0.3) is 0 Å². The summed E-state index contributed by atoms with van der Waals surface area (Å²) in [5, 5.41) is 3.38. The Morgan fingerprint density at radius 3 is 2.48 bits per heavy atom. The molecule has 0 spiro atoms. The number of aryl methyl sites for hydroxylation is 1. The summed E-state index contributed by atoms with van der Waals surface area (Å²) in [5.41, 5.74) is 2.38. The van der Waals surface area contributed by atoms with Crippen LogP contribution in [-0.2, 0) is 6.54 Å². The van der Waals surface area contributed by atoms with E-state index in [2.05, 4.69) is 65.3 Å². The Labute approximate surface area is 127 Å². The van der Waals surface area contributed by atoms with Gasteiger partial charge in [0, 0.05) is 25.7 Å². The summed E-state index contributed by atoms with van der Waals surface area (Å²) >= 11 is 0. The number of rotatable bonds is 6. The monoisotopic (exact) mass is 284 g/mol. The van der Waals surface area contributed by atoms with Gasteiger partial charge >= 0.3 is 0 Å². The lowest BCUT2D eigenvalue weighted by Gasteiger charge is -2.22. The molecule has 21 heavy (non-hydrogen) atoms. The van der Waals surface area contributed by atoms with Crippen molar-refractivity contribution in [2.24, 2.45) is 0 Å². The summed E-state index contributed by atoms with van der Waals surface area (Å²) in [7, 11) is 2.07. The Morgan fingerprint density at radius 1 is 1.10 bits per heavy atom. The first-order valence-corrected chi connectivity index (χ1v) is 7.46. The molecule has 1 aromatic heterocycles. The van der Waals surface area contributed by atoms with Crippen molar-refractivity contribution in [1.29, 1.82) is 0 Å². The van der Waals surface area contributed by atoms with Gasteiger partial charge in [-0.3, -0.25) is 0 Å². The second-order valence-corrected chi connectivity index (χ2v) is 5.34. The number of anilines is 2. The number of hydrogen-bond donors (Lipinski definition) is 1. The molecule has 0 radical (unpaired) electrons. The SMILES string of the molecule is CCCNc1nc(C)nc(N(C)Cc2ccccc2)c1C. The molecule has 1 N–H and O–H groups in total. The lowest BCUT2D eigenvalue weighted by Crippen LogP contribution is -2.20. The van der Waals surface area contributed by atoms with E-state index in [0.29, 0.717) is 0 Å². The number of nitrogens with one attached hydrogen (secondary N) is 1. The van der Waals surface area contributed by atoms with Gasteiger partial charge < -0.3 is 10.2 Å². The first-order chi connectivity index (χ1) is 10.1. The van der Waals surface area contributed by atoms with Crippen molar-refractivity contribution < 1.29 is 0 Å². The minimum atomic E-state index is 0.800. The van der Waals surface area contributed by atoms with Crippen molar-refractivity contribution in [2.45, 2.75) is 33.7 Å². The van der Waals surface area contributed by atoms with Crippen LogP contribution in [0, 0.1) is 13.8 Å². The van der Waals surface area contributed by atoms with Crippen molar-refractivity contribution in [3.63, 3.8) is 0 Å². The maximum absolute atomic E-state index is 4.61. The standard InChI is InChI=1S/C17H24N4/c1-5-11-18-16-13(2)17(20-14(3)19-16)21(4)12-15-9-7-6-8-10-15/h6-10H,5,11-12H2,1-4H3,(H,18,19,20). The van der Waals surface area contributed by atoms with Crippen LogP contribution in [0.5, 0.6) is 0 Å². The van der Waals surface area contributed by atoms with Crippen molar-refractivity contribution >= 4 is 11.6 Å². The number of aromatic nitrogens is 2. The smallest absolute Gasteiger partial charge is 0.137 e. The van der Waals surface area contributed by atoms with Crippen molar-refractivity contribution in [2.75, 3.05) is 23.8 Å². The molecule has 1 heterocycles. The van der Waals surface area contributed by atoms with E-state index < -0.39 is 0 Å². The molecule has 0 atom stereocenters. The second-order valence-electron chi connectivity index (χ2n) is 5.34. The predicted molar refractivity (Wildman–Crippen MR) is 88.8 cm³/mol. The molecule has 4 nitrogen and oxygen atoms in total. The Balaban J connectivity index is 2.23. The molecule has 112 valence electrons. The van der Waals surface area contributed by atoms with Crippen LogP contribution < -0.4 is 10.2 Å². The van der Waals surface area contributed by atoms with Gasteiger partial charge in [0.05, 0.1) is 0 Å². The lowest BCUT2D eigenvalue weighted by molar-refractivity contribution is 0.865. The van der Waals surface area contributed by atoms with Gasteiger partial charge in [-0.15, -0.1) is 0 Å². The van der Waals surface area contributed by atoms with Gasteiger partial charge in [-0.2, -0.15) is 0 Å². The molecule has 0 saturated heterocycles. The molecule has 2 aromatic rings. The Morgan fingerprint density at radius 2 is 1.81 bits per heavy atom. The predicted octanol–water partition coefficient (Wildman–Crippen LogP) is 3.55. The van der Waals surface area contributed by atoms with Crippen LogP contribution in [0.2, 0.25) is 0 Å². The van der Waals surface area contributed by atoms with Crippen LogP contribution in [0.25, 0.3) is 0 Å².